The van der Waals surface area contributed by atoms with Gasteiger partial charge in [-0.15, -0.1) is 12.4 Å². The molecule has 9 heteroatoms. The second-order valence-electron chi connectivity index (χ2n) is 10.4. The molecule has 1 unspecified atom stereocenters. The van der Waals surface area contributed by atoms with Gasteiger partial charge in [-0.3, -0.25) is 4.90 Å². The first kappa shape index (κ1) is 32.1. The first-order valence-corrected chi connectivity index (χ1v) is 13.3. The molecule has 2 aliphatic rings. The van der Waals surface area contributed by atoms with Gasteiger partial charge >= 0.3 is 17.9 Å². The van der Waals surface area contributed by atoms with E-state index >= 15 is 0 Å². The highest BCUT2D eigenvalue weighted by atomic mass is 35.5. The molecule has 2 aliphatic heterocycles. The summed E-state index contributed by atoms with van der Waals surface area (Å²) in [6.07, 6.45) is 5.23. The molecule has 1 atom stereocenters. The highest BCUT2D eigenvalue weighted by Crippen LogP contribution is 2.41. The van der Waals surface area contributed by atoms with Crippen molar-refractivity contribution < 1.29 is 28.6 Å². The molecule has 0 amide bonds. The number of allylic oxidation sites excluding steroid dienone is 1. The zero-order chi connectivity index (χ0) is 27.9. The molecule has 1 fully saturated rings. The minimum absolute atomic E-state index is 0. The Kier molecular flexibility index (Phi) is 11.8. The number of likely N-dealkylation sites (tertiary alicyclic amines) is 1. The second kappa shape index (κ2) is 14.3. The van der Waals surface area contributed by atoms with E-state index in [9.17, 15) is 14.4 Å². The number of dihydropyridines is 1. The third kappa shape index (κ3) is 8.44. The van der Waals surface area contributed by atoms with Crippen LogP contribution in [-0.4, -0.2) is 61.3 Å². The molecule has 1 aromatic carbocycles. The molecule has 1 N–H and O–H groups in total. The molecule has 8 nitrogen and oxygen atoms in total. The van der Waals surface area contributed by atoms with Gasteiger partial charge in [0.15, 0.2) is 0 Å². The minimum atomic E-state index is -0.744. The maximum Gasteiger partial charge on any atom is 0.336 e. The van der Waals surface area contributed by atoms with Gasteiger partial charge in [-0.1, -0.05) is 24.3 Å². The summed E-state index contributed by atoms with van der Waals surface area (Å²) in [4.78, 5) is 41.6. The molecule has 0 spiro atoms. The van der Waals surface area contributed by atoms with Crippen molar-refractivity contribution in [3.63, 3.8) is 0 Å². The van der Waals surface area contributed by atoms with E-state index in [0.29, 0.717) is 40.2 Å². The molecular weight excluding hydrogens is 520 g/mol. The molecule has 0 radical (unpaired) electrons. The van der Waals surface area contributed by atoms with Crippen molar-refractivity contribution in [3.05, 3.63) is 64.0 Å². The Labute approximate surface area is 237 Å². The Bertz CT molecular complexity index is 1140. The SMILES string of the molecule is CCOC(=O)C1=C(C)NC(CN2CCCC2)=C(C(=O)OCC)C1c1ccccc1C=CC(=O)OC(C)(C)C.Cl. The smallest absolute Gasteiger partial charge is 0.336 e. The molecule has 0 saturated carbocycles. The van der Waals surface area contributed by atoms with E-state index in [2.05, 4.69) is 10.2 Å². The van der Waals surface area contributed by atoms with Crippen molar-refractivity contribution in [3.8, 4) is 0 Å². The Hall–Kier alpha value is -3.10. The molecule has 2 heterocycles. The van der Waals surface area contributed by atoms with Gasteiger partial charge in [-0.2, -0.15) is 0 Å². The van der Waals surface area contributed by atoms with Crippen LogP contribution in [0.3, 0.4) is 0 Å². The van der Waals surface area contributed by atoms with Crippen LogP contribution in [0.25, 0.3) is 6.08 Å². The zero-order valence-corrected chi connectivity index (χ0v) is 24.6. The third-order valence-corrected chi connectivity index (χ3v) is 6.33. The number of benzene rings is 1. The Morgan fingerprint density at radius 2 is 1.59 bits per heavy atom. The minimum Gasteiger partial charge on any atom is -0.463 e. The summed E-state index contributed by atoms with van der Waals surface area (Å²) in [7, 11) is 0. The number of carbonyl (C=O) groups excluding carboxylic acids is 3. The van der Waals surface area contributed by atoms with Gasteiger partial charge in [0.05, 0.1) is 30.3 Å². The van der Waals surface area contributed by atoms with E-state index < -0.39 is 29.4 Å². The number of nitrogens with one attached hydrogen (secondary N) is 1. The average molecular weight is 561 g/mol. The molecular formula is C30H41ClN2O6. The van der Waals surface area contributed by atoms with Gasteiger partial charge in [0.1, 0.15) is 5.60 Å². The van der Waals surface area contributed by atoms with Crippen molar-refractivity contribution in [1.29, 1.82) is 0 Å². The van der Waals surface area contributed by atoms with E-state index in [1.54, 1.807) is 40.7 Å². The van der Waals surface area contributed by atoms with Crippen LogP contribution < -0.4 is 5.32 Å². The monoisotopic (exact) mass is 560 g/mol. The van der Waals surface area contributed by atoms with Crippen LogP contribution >= 0.6 is 12.4 Å². The Morgan fingerprint density at radius 3 is 2.18 bits per heavy atom. The maximum absolute atomic E-state index is 13.5. The van der Waals surface area contributed by atoms with Crippen LogP contribution in [0.5, 0.6) is 0 Å². The van der Waals surface area contributed by atoms with Crippen LogP contribution in [0.2, 0.25) is 0 Å². The molecule has 39 heavy (non-hydrogen) atoms. The fraction of sp³-hybridized carbons (Fsp3) is 0.500. The van der Waals surface area contributed by atoms with Crippen LogP contribution in [0.4, 0.5) is 0 Å². The highest BCUT2D eigenvalue weighted by molar-refractivity contribution is 6.00. The van der Waals surface area contributed by atoms with Crippen LogP contribution in [0.1, 0.15) is 71.4 Å². The van der Waals surface area contributed by atoms with Crippen molar-refractivity contribution in [1.82, 2.24) is 10.2 Å². The number of ether oxygens (including phenoxy) is 3. The van der Waals surface area contributed by atoms with E-state index in [1.807, 2.05) is 31.2 Å². The molecule has 3 rings (SSSR count). The van der Waals surface area contributed by atoms with Crippen molar-refractivity contribution >= 4 is 36.4 Å². The summed E-state index contributed by atoms with van der Waals surface area (Å²) >= 11 is 0. The lowest BCUT2D eigenvalue weighted by molar-refractivity contribution is -0.148. The second-order valence-corrected chi connectivity index (χ2v) is 10.4. The maximum atomic E-state index is 13.5. The summed E-state index contributed by atoms with van der Waals surface area (Å²) in [6.45, 7) is 13.6. The van der Waals surface area contributed by atoms with Crippen LogP contribution in [-0.2, 0) is 28.6 Å². The summed E-state index contributed by atoms with van der Waals surface area (Å²) in [5.41, 5.74) is 2.81. The summed E-state index contributed by atoms with van der Waals surface area (Å²) < 4.78 is 16.4. The lowest BCUT2D eigenvalue weighted by atomic mass is 9.78. The number of hydrogen-bond donors (Lipinski definition) is 1. The van der Waals surface area contributed by atoms with Crippen molar-refractivity contribution in [2.45, 2.75) is 65.9 Å². The average Bonchev–Trinajstić information content (AvgIpc) is 3.35. The zero-order valence-electron chi connectivity index (χ0n) is 23.8. The normalized spacial score (nSPS) is 18.1. The number of carbonyl (C=O) groups is 3. The van der Waals surface area contributed by atoms with Crippen molar-refractivity contribution in [2.75, 3.05) is 32.8 Å². The number of halogens is 1. The lowest BCUT2D eigenvalue weighted by Gasteiger charge is -2.33. The van der Waals surface area contributed by atoms with Gasteiger partial charge in [0.25, 0.3) is 0 Å². The van der Waals surface area contributed by atoms with Gasteiger partial charge in [0.2, 0.25) is 0 Å². The highest BCUT2D eigenvalue weighted by Gasteiger charge is 2.40. The fourth-order valence-electron chi connectivity index (χ4n) is 4.84. The molecule has 1 saturated heterocycles. The van der Waals surface area contributed by atoms with E-state index in [1.165, 1.54) is 6.08 Å². The standard InChI is InChI=1S/C30H40N2O6.ClH/c1-7-36-28(34)25-20(3)31-23(19-32-17-11-12-18-32)27(29(35)37-8-2)26(25)22-14-10-9-13-21(22)15-16-24(33)38-30(4,5)6;/h9-10,13-16,26,31H,7-8,11-12,17-19H2,1-6H3;1H. The van der Waals surface area contributed by atoms with Gasteiger partial charge < -0.3 is 19.5 Å². The Morgan fingerprint density at radius 1 is 1.00 bits per heavy atom. The summed E-state index contributed by atoms with van der Waals surface area (Å²) in [5, 5.41) is 3.34. The topological polar surface area (TPSA) is 94.2 Å². The quantitative estimate of drug-likeness (QED) is 0.259. The van der Waals surface area contributed by atoms with Gasteiger partial charge in [-0.05, 0) is 84.7 Å². The predicted molar refractivity (Wildman–Crippen MR) is 153 cm³/mol. The number of nitrogens with zero attached hydrogens (tertiary/aromatic N) is 1. The van der Waals surface area contributed by atoms with Crippen LogP contribution in [0.15, 0.2) is 52.9 Å². The number of esters is 3. The van der Waals surface area contributed by atoms with E-state index in [-0.39, 0.29) is 25.6 Å². The molecule has 214 valence electrons. The molecule has 0 bridgehead atoms. The summed E-state index contributed by atoms with van der Waals surface area (Å²) in [5.74, 6) is -2.22. The van der Waals surface area contributed by atoms with Crippen LogP contribution in [0, 0.1) is 0 Å². The first-order valence-electron chi connectivity index (χ1n) is 13.3. The third-order valence-electron chi connectivity index (χ3n) is 6.33. The van der Waals surface area contributed by atoms with Crippen molar-refractivity contribution in [2.24, 2.45) is 0 Å². The lowest BCUT2D eigenvalue weighted by Crippen LogP contribution is -2.38. The van der Waals surface area contributed by atoms with E-state index in [4.69, 9.17) is 14.2 Å². The molecule has 1 aromatic rings. The molecule has 0 aromatic heterocycles. The first-order chi connectivity index (χ1) is 18.1. The molecule has 0 aliphatic carbocycles. The fourth-order valence-corrected chi connectivity index (χ4v) is 4.84. The predicted octanol–water partition coefficient (Wildman–Crippen LogP) is 4.90. The number of hydrogen-bond acceptors (Lipinski definition) is 8. The van der Waals surface area contributed by atoms with Gasteiger partial charge in [0, 0.05) is 24.0 Å². The van der Waals surface area contributed by atoms with E-state index in [0.717, 1.165) is 25.9 Å². The summed E-state index contributed by atoms with van der Waals surface area (Å²) in [6, 6.07) is 7.41. The number of rotatable bonds is 9. The van der Waals surface area contributed by atoms with Gasteiger partial charge in [-0.25, -0.2) is 14.4 Å². The Balaban J connectivity index is 0.00000533. The largest absolute Gasteiger partial charge is 0.463 e.